The van der Waals surface area contributed by atoms with Crippen molar-refractivity contribution in [3.05, 3.63) is 0 Å². The highest BCUT2D eigenvalue weighted by molar-refractivity contribution is 8.23. The fraction of sp³-hybridized carbons (Fsp3) is 0.833. The van der Waals surface area contributed by atoms with E-state index in [9.17, 15) is 0 Å². The monoisotopic (exact) mass is 210 g/mol. The van der Waals surface area contributed by atoms with E-state index in [-0.39, 0.29) is 0 Å². The Kier molecular flexibility index (Phi) is 6.45. The van der Waals surface area contributed by atoms with Crippen LogP contribution in [0.15, 0.2) is 0 Å². The topological polar surface area (TPSA) is 18.5 Å². The van der Waals surface area contributed by atoms with Gasteiger partial charge in [0.2, 0.25) is 0 Å². The quantitative estimate of drug-likeness (QED) is 0.518. The van der Waals surface area contributed by atoms with Crippen LogP contribution in [0.4, 0.5) is 0 Å². The summed E-state index contributed by atoms with van der Waals surface area (Å²) >= 11 is 6.72. The molecule has 66 valence electrons. The summed E-state index contributed by atoms with van der Waals surface area (Å²) in [5.74, 6) is 0. The van der Waals surface area contributed by atoms with Gasteiger partial charge < -0.3 is 8.85 Å². The summed E-state index contributed by atoms with van der Waals surface area (Å²) in [6.45, 7) is 2.06. The second-order valence-corrected chi connectivity index (χ2v) is 6.38. The van der Waals surface area contributed by atoms with Gasteiger partial charge in [-0.05, 0) is 6.26 Å². The van der Waals surface area contributed by atoms with Crippen LogP contribution < -0.4 is 0 Å². The predicted octanol–water partition coefficient (Wildman–Crippen LogP) is 1.58. The van der Waals surface area contributed by atoms with E-state index in [1.165, 1.54) is 0 Å². The van der Waals surface area contributed by atoms with Crippen LogP contribution in [0.2, 0.25) is 5.54 Å². The molecule has 0 bridgehead atoms. The third-order valence-electron chi connectivity index (χ3n) is 1.45. The Labute approximate surface area is 79.5 Å². The molecule has 0 aromatic carbocycles. The van der Waals surface area contributed by atoms with Crippen molar-refractivity contribution in [1.29, 1.82) is 0 Å². The van der Waals surface area contributed by atoms with Gasteiger partial charge in [0.25, 0.3) is 0 Å². The molecule has 0 N–H and O–H groups in total. The van der Waals surface area contributed by atoms with E-state index < -0.39 is 9.28 Å². The molecule has 0 amide bonds. The molecule has 11 heavy (non-hydrogen) atoms. The smallest absolute Gasteiger partial charge is 0.329 e. The highest BCUT2D eigenvalue weighted by Crippen LogP contribution is 2.19. The van der Waals surface area contributed by atoms with E-state index in [0.717, 1.165) is 4.20 Å². The summed E-state index contributed by atoms with van der Waals surface area (Å²) in [4.78, 5) is 0. The zero-order valence-corrected chi connectivity index (χ0v) is 10.1. The maximum atomic E-state index is 5.20. The first-order valence-electron chi connectivity index (χ1n) is 3.30. The van der Waals surface area contributed by atoms with Gasteiger partial charge in [-0.25, -0.2) is 0 Å². The van der Waals surface area contributed by atoms with Crippen molar-refractivity contribution in [3.8, 4) is 0 Å². The van der Waals surface area contributed by atoms with E-state index >= 15 is 0 Å². The van der Waals surface area contributed by atoms with Gasteiger partial charge in [0.1, 0.15) is 0 Å². The third kappa shape index (κ3) is 3.66. The Hall–Kier alpha value is 0.577. The van der Waals surface area contributed by atoms with Gasteiger partial charge in [-0.1, -0.05) is 19.1 Å². The highest BCUT2D eigenvalue weighted by atomic mass is 32.2. The summed E-state index contributed by atoms with van der Waals surface area (Å²) in [7, 11) is 1.84. The van der Waals surface area contributed by atoms with E-state index in [0.29, 0.717) is 5.54 Å². The Morgan fingerprint density at radius 1 is 1.45 bits per heavy atom. The largest absolute Gasteiger partial charge is 0.400 e. The second-order valence-electron chi connectivity index (χ2n) is 2.15. The standard InChI is InChI=1S/C6H14O2S2Si/c1-5(6(9)10-4)11(7-2)8-3/h5,11H,1-4H3. The molecule has 0 aromatic heterocycles. The number of hydrogen-bond donors (Lipinski definition) is 0. The molecule has 0 heterocycles. The predicted molar refractivity (Wildman–Crippen MR) is 56.7 cm³/mol. The zero-order chi connectivity index (χ0) is 8.85. The fourth-order valence-corrected chi connectivity index (χ4v) is 3.48. The normalized spacial score (nSPS) is 13.5. The summed E-state index contributed by atoms with van der Waals surface area (Å²) in [6, 6.07) is 0. The van der Waals surface area contributed by atoms with Crippen LogP contribution in [0.25, 0.3) is 0 Å². The molecule has 0 fully saturated rings. The summed E-state index contributed by atoms with van der Waals surface area (Å²) in [5.41, 5.74) is 0.301. The molecular formula is C6H14O2S2Si. The van der Waals surface area contributed by atoms with E-state index in [1.807, 2.05) is 6.26 Å². The molecule has 0 aliphatic rings. The van der Waals surface area contributed by atoms with Crippen molar-refractivity contribution in [2.75, 3.05) is 20.5 Å². The number of hydrogen-bond acceptors (Lipinski definition) is 4. The number of thioether (sulfide) groups is 1. The summed E-state index contributed by atoms with van der Waals surface area (Å²) in [6.07, 6.45) is 1.98. The Morgan fingerprint density at radius 2 is 1.91 bits per heavy atom. The van der Waals surface area contributed by atoms with Gasteiger partial charge in [0.15, 0.2) is 0 Å². The Balaban J connectivity index is 3.97. The number of thiocarbonyl (C=S) groups is 1. The minimum atomic E-state index is -1.52. The van der Waals surface area contributed by atoms with Crippen molar-refractivity contribution in [2.45, 2.75) is 12.5 Å². The van der Waals surface area contributed by atoms with Crippen LogP contribution in [-0.4, -0.2) is 34.0 Å². The molecule has 1 atom stereocenters. The van der Waals surface area contributed by atoms with Crippen molar-refractivity contribution >= 4 is 37.5 Å². The number of rotatable bonds is 4. The molecule has 2 nitrogen and oxygen atoms in total. The van der Waals surface area contributed by atoms with Gasteiger partial charge in [-0.3, -0.25) is 0 Å². The molecule has 0 rings (SSSR count). The van der Waals surface area contributed by atoms with Gasteiger partial charge in [0, 0.05) is 19.8 Å². The third-order valence-corrected chi connectivity index (χ3v) is 5.65. The first kappa shape index (κ1) is 11.6. The van der Waals surface area contributed by atoms with Crippen LogP contribution in [0, 0.1) is 0 Å². The molecule has 1 unspecified atom stereocenters. The average molecular weight is 210 g/mol. The van der Waals surface area contributed by atoms with Crippen molar-refractivity contribution in [3.63, 3.8) is 0 Å². The van der Waals surface area contributed by atoms with E-state index in [4.69, 9.17) is 21.1 Å². The lowest BCUT2D eigenvalue weighted by molar-refractivity contribution is 0.275. The first-order valence-corrected chi connectivity index (χ1v) is 6.55. The molecule has 0 saturated carbocycles. The molecule has 0 aliphatic carbocycles. The molecule has 0 aromatic rings. The van der Waals surface area contributed by atoms with Crippen LogP contribution in [0.3, 0.4) is 0 Å². The van der Waals surface area contributed by atoms with Crippen LogP contribution in [-0.2, 0) is 8.85 Å². The van der Waals surface area contributed by atoms with Gasteiger partial charge in [-0.15, -0.1) is 11.8 Å². The lowest BCUT2D eigenvalue weighted by Crippen LogP contribution is -2.27. The van der Waals surface area contributed by atoms with Crippen molar-refractivity contribution in [1.82, 2.24) is 0 Å². The maximum Gasteiger partial charge on any atom is 0.329 e. The summed E-state index contributed by atoms with van der Waals surface area (Å²) in [5, 5.41) is 0. The first-order chi connectivity index (χ1) is 5.17. The minimum absolute atomic E-state index is 0.301. The Morgan fingerprint density at radius 3 is 2.18 bits per heavy atom. The SMILES string of the molecule is CO[SiH](OC)C(C)C(=S)SC. The fourth-order valence-electron chi connectivity index (χ4n) is 0.801. The van der Waals surface area contributed by atoms with Crippen LogP contribution in [0.5, 0.6) is 0 Å². The lowest BCUT2D eigenvalue weighted by atomic mass is 10.5. The van der Waals surface area contributed by atoms with Gasteiger partial charge in [0.05, 0.1) is 4.20 Å². The van der Waals surface area contributed by atoms with E-state index in [2.05, 4.69) is 6.92 Å². The molecule has 0 saturated heterocycles. The summed E-state index contributed by atoms with van der Waals surface area (Å²) < 4.78 is 11.4. The van der Waals surface area contributed by atoms with Crippen LogP contribution in [0.1, 0.15) is 6.92 Å². The van der Waals surface area contributed by atoms with Crippen LogP contribution >= 0.6 is 24.0 Å². The molecule has 0 radical (unpaired) electrons. The maximum absolute atomic E-state index is 5.20. The van der Waals surface area contributed by atoms with E-state index in [1.54, 1.807) is 26.0 Å². The van der Waals surface area contributed by atoms with Gasteiger partial charge >= 0.3 is 9.28 Å². The van der Waals surface area contributed by atoms with Gasteiger partial charge in [-0.2, -0.15) is 0 Å². The molecule has 5 heteroatoms. The lowest BCUT2D eigenvalue weighted by Gasteiger charge is -2.17. The second kappa shape index (κ2) is 6.13. The Bertz CT molecular complexity index is 128. The zero-order valence-electron chi connectivity index (χ0n) is 7.29. The molecular weight excluding hydrogens is 196 g/mol. The molecule has 0 spiro atoms. The molecule has 0 aliphatic heterocycles. The van der Waals surface area contributed by atoms with Crippen molar-refractivity contribution in [2.24, 2.45) is 0 Å². The highest BCUT2D eigenvalue weighted by Gasteiger charge is 2.22. The van der Waals surface area contributed by atoms with Crippen molar-refractivity contribution < 1.29 is 8.85 Å². The average Bonchev–Trinajstić information content (AvgIpc) is 2.05. The minimum Gasteiger partial charge on any atom is -0.400 e.